The maximum absolute atomic E-state index is 5.94. The van der Waals surface area contributed by atoms with Crippen molar-refractivity contribution in [2.24, 2.45) is 4.99 Å². The normalized spacial score (nSPS) is 15.8. The first-order valence-corrected chi connectivity index (χ1v) is 9.45. The molecular formula is C19H32N4O2. The fraction of sp³-hybridized carbons (Fsp3) is 0.684. The monoisotopic (exact) mass is 348 g/mol. The van der Waals surface area contributed by atoms with Gasteiger partial charge in [-0.15, -0.1) is 0 Å². The summed E-state index contributed by atoms with van der Waals surface area (Å²) in [6.07, 6.45) is 9.70. The highest BCUT2D eigenvalue weighted by molar-refractivity contribution is 5.79. The lowest BCUT2D eigenvalue weighted by Crippen LogP contribution is -2.37. The summed E-state index contributed by atoms with van der Waals surface area (Å²) in [5.41, 5.74) is 1.11. The smallest absolute Gasteiger partial charge is 0.213 e. The topological polar surface area (TPSA) is 67.8 Å². The van der Waals surface area contributed by atoms with Crippen molar-refractivity contribution in [3.63, 3.8) is 0 Å². The Bertz CT molecular complexity index is 516. The van der Waals surface area contributed by atoms with Crippen molar-refractivity contribution < 1.29 is 9.47 Å². The van der Waals surface area contributed by atoms with Crippen molar-refractivity contribution in [1.29, 1.82) is 0 Å². The van der Waals surface area contributed by atoms with Crippen LogP contribution in [0.15, 0.2) is 23.3 Å². The van der Waals surface area contributed by atoms with Crippen LogP contribution < -0.4 is 15.4 Å². The summed E-state index contributed by atoms with van der Waals surface area (Å²) in [5.74, 6) is 1.46. The van der Waals surface area contributed by atoms with Gasteiger partial charge < -0.3 is 20.1 Å². The van der Waals surface area contributed by atoms with Gasteiger partial charge in [0.1, 0.15) is 0 Å². The van der Waals surface area contributed by atoms with Gasteiger partial charge in [0, 0.05) is 39.0 Å². The Labute approximate surface area is 151 Å². The highest BCUT2D eigenvalue weighted by Gasteiger charge is 2.12. The molecule has 2 N–H and O–H groups in total. The SMILES string of the molecule is CCOc1cc(CNC(=NC)NCCCOC2CCCCC2)ccn1. The standard InChI is InChI=1S/C19H32N4O2/c1-3-24-18-14-16(10-12-21-18)15-23-19(20-2)22-11-7-13-25-17-8-5-4-6-9-17/h10,12,14,17H,3-9,11,13,15H2,1-2H3,(H2,20,22,23). The summed E-state index contributed by atoms with van der Waals surface area (Å²) in [6, 6.07) is 3.92. The molecule has 25 heavy (non-hydrogen) atoms. The van der Waals surface area contributed by atoms with Crippen LogP contribution in [0.1, 0.15) is 51.0 Å². The lowest BCUT2D eigenvalue weighted by molar-refractivity contribution is 0.0277. The number of nitrogens with one attached hydrogen (secondary N) is 2. The Balaban J connectivity index is 1.61. The van der Waals surface area contributed by atoms with Gasteiger partial charge in [-0.2, -0.15) is 0 Å². The number of ether oxygens (including phenoxy) is 2. The Morgan fingerprint density at radius 3 is 2.88 bits per heavy atom. The fourth-order valence-electron chi connectivity index (χ4n) is 2.95. The minimum Gasteiger partial charge on any atom is -0.478 e. The van der Waals surface area contributed by atoms with Crippen molar-refractivity contribution >= 4 is 5.96 Å². The third-order valence-electron chi connectivity index (χ3n) is 4.29. The maximum Gasteiger partial charge on any atom is 0.213 e. The molecular weight excluding hydrogens is 316 g/mol. The van der Waals surface area contributed by atoms with Crippen LogP contribution in [-0.2, 0) is 11.3 Å². The van der Waals surface area contributed by atoms with E-state index in [0.29, 0.717) is 25.1 Å². The highest BCUT2D eigenvalue weighted by Crippen LogP contribution is 2.20. The molecule has 1 fully saturated rings. The summed E-state index contributed by atoms with van der Waals surface area (Å²) >= 11 is 0. The number of rotatable bonds is 9. The lowest BCUT2D eigenvalue weighted by atomic mass is 9.98. The fourth-order valence-corrected chi connectivity index (χ4v) is 2.95. The van der Waals surface area contributed by atoms with Gasteiger partial charge in [-0.1, -0.05) is 19.3 Å². The van der Waals surface area contributed by atoms with E-state index in [0.717, 1.165) is 31.1 Å². The number of nitrogens with zero attached hydrogens (tertiary/aromatic N) is 2. The largest absolute Gasteiger partial charge is 0.478 e. The Morgan fingerprint density at radius 2 is 2.12 bits per heavy atom. The molecule has 140 valence electrons. The third kappa shape index (κ3) is 7.73. The minimum absolute atomic E-state index is 0.484. The second-order valence-electron chi connectivity index (χ2n) is 6.27. The van der Waals surface area contributed by atoms with E-state index < -0.39 is 0 Å². The first-order chi connectivity index (χ1) is 12.3. The van der Waals surface area contributed by atoms with Gasteiger partial charge in [-0.05, 0) is 37.8 Å². The second-order valence-corrected chi connectivity index (χ2v) is 6.27. The van der Waals surface area contributed by atoms with E-state index in [1.165, 1.54) is 32.1 Å². The van der Waals surface area contributed by atoms with E-state index in [9.17, 15) is 0 Å². The average Bonchev–Trinajstić information content (AvgIpc) is 2.65. The highest BCUT2D eigenvalue weighted by atomic mass is 16.5. The second kappa shape index (κ2) is 11.7. The summed E-state index contributed by atoms with van der Waals surface area (Å²) in [7, 11) is 1.78. The van der Waals surface area contributed by atoms with Crippen LogP contribution in [0.3, 0.4) is 0 Å². The zero-order chi connectivity index (χ0) is 17.7. The molecule has 1 aromatic heterocycles. The number of aromatic nitrogens is 1. The number of guanidine groups is 1. The molecule has 1 heterocycles. The number of aliphatic imine (C=N–C) groups is 1. The Kier molecular flexibility index (Phi) is 9.12. The van der Waals surface area contributed by atoms with Gasteiger partial charge in [0.15, 0.2) is 5.96 Å². The van der Waals surface area contributed by atoms with E-state index in [1.54, 1.807) is 13.2 Å². The van der Waals surface area contributed by atoms with Crippen LogP contribution in [0.25, 0.3) is 0 Å². The molecule has 1 aliphatic carbocycles. The van der Waals surface area contributed by atoms with E-state index >= 15 is 0 Å². The molecule has 0 radical (unpaired) electrons. The van der Waals surface area contributed by atoms with Crippen molar-refractivity contribution in [3.05, 3.63) is 23.9 Å². The van der Waals surface area contributed by atoms with Crippen molar-refractivity contribution in [2.75, 3.05) is 26.8 Å². The van der Waals surface area contributed by atoms with Crippen LogP contribution in [0.5, 0.6) is 5.88 Å². The summed E-state index contributed by atoms with van der Waals surface area (Å²) in [4.78, 5) is 8.43. The molecule has 6 heteroatoms. The van der Waals surface area contributed by atoms with Crippen LogP contribution in [0, 0.1) is 0 Å². The molecule has 0 aromatic carbocycles. The van der Waals surface area contributed by atoms with Gasteiger partial charge in [0.05, 0.1) is 12.7 Å². The van der Waals surface area contributed by atoms with Gasteiger partial charge in [-0.25, -0.2) is 4.98 Å². The quantitative estimate of drug-likeness (QED) is 0.408. The summed E-state index contributed by atoms with van der Waals surface area (Å²) in [6.45, 7) is 4.93. The van der Waals surface area contributed by atoms with Crippen LogP contribution in [0.2, 0.25) is 0 Å². The predicted molar refractivity (Wildman–Crippen MR) is 101 cm³/mol. The van der Waals surface area contributed by atoms with Gasteiger partial charge in [0.2, 0.25) is 5.88 Å². The minimum atomic E-state index is 0.484. The maximum atomic E-state index is 5.94. The molecule has 2 rings (SSSR count). The molecule has 0 spiro atoms. The van der Waals surface area contributed by atoms with E-state index in [4.69, 9.17) is 9.47 Å². The van der Waals surface area contributed by atoms with Crippen molar-refractivity contribution in [1.82, 2.24) is 15.6 Å². The lowest BCUT2D eigenvalue weighted by Gasteiger charge is -2.22. The molecule has 1 aliphatic rings. The first kappa shape index (κ1) is 19.5. The van der Waals surface area contributed by atoms with Gasteiger partial charge in [0.25, 0.3) is 0 Å². The number of hydrogen-bond acceptors (Lipinski definition) is 4. The molecule has 6 nitrogen and oxygen atoms in total. The molecule has 0 saturated heterocycles. The molecule has 0 aliphatic heterocycles. The van der Waals surface area contributed by atoms with Crippen molar-refractivity contribution in [3.8, 4) is 5.88 Å². The Morgan fingerprint density at radius 1 is 1.28 bits per heavy atom. The van der Waals surface area contributed by atoms with E-state index in [1.807, 2.05) is 19.1 Å². The molecule has 1 saturated carbocycles. The molecule has 0 amide bonds. The summed E-state index contributed by atoms with van der Waals surface area (Å²) < 4.78 is 11.4. The molecule has 0 atom stereocenters. The molecule has 0 bridgehead atoms. The third-order valence-corrected chi connectivity index (χ3v) is 4.29. The van der Waals surface area contributed by atoms with Gasteiger partial charge >= 0.3 is 0 Å². The van der Waals surface area contributed by atoms with E-state index in [2.05, 4.69) is 20.6 Å². The molecule has 1 aromatic rings. The van der Waals surface area contributed by atoms with Crippen LogP contribution >= 0.6 is 0 Å². The van der Waals surface area contributed by atoms with E-state index in [-0.39, 0.29) is 0 Å². The zero-order valence-electron chi connectivity index (χ0n) is 15.6. The Hall–Kier alpha value is -1.82. The number of pyridine rings is 1. The zero-order valence-corrected chi connectivity index (χ0v) is 15.6. The molecule has 0 unspecified atom stereocenters. The van der Waals surface area contributed by atoms with Gasteiger partial charge in [-0.3, -0.25) is 4.99 Å². The van der Waals surface area contributed by atoms with Crippen molar-refractivity contribution in [2.45, 2.75) is 58.1 Å². The number of hydrogen-bond donors (Lipinski definition) is 2. The van der Waals surface area contributed by atoms with Crippen LogP contribution in [-0.4, -0.2) is 43.9 Å². The predicted octanol–water partition coefficient (Wildman–Crippen LogP) is 2.88. The first-order valence-electron chi connectivity index (χ1n) is 9.45. The average molecular weight is 348 g/mol. The summed E-state index contributed by atoms with van der Waals surface area (Å²) in [5, 5.41) is 6.64. The van der Waals surface area contributed by atoms with Crippen LogP contribution in [0.4, 0.5) is 0 Å².